The van der Waals surface area contributed by atoms with E-state index in [9.17, 15) is 10.1 Å². The van der Waals surface area contributed by atoms with Gasteiger partial charge in [0.25, 0.3) is 5.69 Å². The predicted molar refractivity (Wildman–Crippen MR) is 63.6 cm³/mol. The fourth-order valence-corrected chi connectivity index (χ4v) is 2.02. The van der Waals surface area contributed by atoms with Crippen molar-refractivity contribution in [1.29, 1.82) is 0 Å². The number of aryl methyl sites for hydroxylation is 1. The van der Waals surface area contributed by atoms with Crippen LogP contribution < -0.4 is 5.73 Å². The number of para-hydroxylation sites is 1. The number of fused-ring (bicyclic) bond motifs is 1. The molecule has 1 unspecified atom stereocenters. The van der Waals surface area contributed by atoms with Crippen LogP contribution in [0, 0.1) is 10.1 Å². The van der Waals surface area contributed by atoms with E-state index in [-0.39, 0.29) is 12.3 Å². The molecule has 0 spiro atoms. The Bertz CT molecular complexity index is 577. The van der Waals surface area contributed by atoms with Crippen LogP contribution >= 0.6 is 0 Å². The third-order valence-corrected chi connectivity index (χ3v) is 2.80. The highest BCUT2D eigenvalue weighted by atomic mass is 16.6. The van der Waals surface area contributed by atoms with E-state index >= 15 is 0 Å². The van der Waals surface area contributed by atoms with E-state index in [2.05, 4.69) is 0 Å². The number of hydrogen-bond acceptors (Lipinski definition) is 4. The molecule has 6 heteroatoms. The molecule has 0 amide bonds. The molecule has 1 aromatic carbocycles. The average Bonchev–Trinajstić information content (AvgIpc) is 2.66. The van der Waals surface area contributed by atoms with E-state index in [0.717, 1.165) is 0 Å². The number of rotatable bonds is 3. The molecule has 2 rings (SSSR count). The fraction of sp³-hybridized carbons (Fsp3) is 0.273. The summed E-state index contributed by atoms with van der Waals surface area (Å²) in [5.41, 5.74) is 7.24. The van der Waals surface area contributed by atoms with Gasteiger partial charge in [0.1, 0.15) is 0 Å². The normalized spacial score (nSPS) is 12.9. The van der Waals surface area contributed by atoms with Crippen LogP contribution in [0.3, 0.4) is 0 Å². The molecule has 0 aliphatic heterocycles. The summed E-state index contributed by atoms with van der Waals surface area (Å²) in [6.45, 7) is -0.196. The molecule has 0 aliphatic carbocycles. The van der Waals surface area contributed by atoms with Gasteiger partial charge >= 0.3 is 0 Å². The van der Waals surface area contributed by atoms with Crippen molar-refractivity contribution < 1.29 is 10.0 Å². The molecule has 2 aromatic rings. The van der Waals surface area contributed by atoms with Crippen molar-refractivity contribution in [3.8, 4) is 0 Å². The first kappa shape index (κ1) is 11.6. The van der Waals surface area contributed by atoms with Crippen molar-refractivity contribution in [2.75, 3.05) is 6.61 Å². The molecule has 0 aliphatic rings. The Hall–Kier alpha value is -1.92. The minimum atomic E-state index is -0.535. The lowest BCUT2D eigenvalue weighted by Crippen LogP contribution is -2.15. The first-order valence-electron chi connectivity index (χ1n) is 5.15. The van der Waals surface area contributed by atoms with Crippen LogP contribution in [-0.4, -0.2) is 21.2 Å². The smallest absolute Gasteiger partial charge is 0.294 e. The number of aromatic nitrogens is 1. The molecule has 0 fully saturated rings. The Kier molecular flexibility index (Phi) is 2.83. The van der Waals surface area contributed by atoms with Crippen molar-refractivity contribution in [3.63, 3.8) is 0 Å². The lowest BCUT2D eigenvalue weighted by Gasteiger charge is -2.10. The number of aliphatic hydroxyl groups is 1. The second-order valence-corrected chi connectivity index (χ2v) is 3.91. The maximum Gasteiger partial charge on any atom is 0.294 e. The van der Waals surface area contributed by atoms with Crippen LogP contribution in [0.1, 0.15) is 11.6 Å². The average molecular weight is 235 g/mol. The van der Waals surface area contributed by atoms with E-state index in [1.807, 2.05) is 0 Å². The van der Waals surface area contributed by atoms with Gasteiger partial charge in [-0.25, -0.2) is 0 Å². The van der Waals surface area contributed by atoms with Crippen molar-refractivity contribution in [2.24, 2.45) is 12.8 Å². The summed E-state index contributed by atoms with van der Waals surface area (Å²) >= 11 is 0. The van der Waals surface area contributed by atoms with Crippen LogP contribution in [0.4, 0.5) is 5.69 Å². The van der Waals surface area contributed by atoms with Gasteiger partial charge in [-0.1, -0.05) is 12.1 Å². The Morgan fingerprint density at radius 3 is 2.88 bits per heavy atom. The molecule has 90 valence electrons. The summed E-state index contributed by atoms with van der Waals surface area (Å²) in [4.78, 5) is 10.5. The van der Waals surface area contributed by atoms with Crippen molar-refractivity contribution in [3.05, 3.63) is 40.1 Å². The van der Waals surface area contributed by atoms with Crippen LogP contribution in [0.15, 0.2) is 24.4 Å². The Morgan fingerprint density at radius 2 is 2.29 bits per heavy atom. The second-order valence-electron chi connectivity index (χ2n) is 3.91. The summed E-state index contributed by atoms with van der Waals surface area (Å²) in [5, 5.41) is 20.5. The molecule has 1 heterocycles. The van der Waals surface area contributed by atoms with Gasteiger partial charge in [0, 0.05) is 7.05 Å². The van der Waals surface area contributed by atoms with Crippen molar-refractivity contribution in [2.45, 2.75) is 6.04 Å². The van der Waals surface area contributed by atoms with Crippen molar-refractivity contribution >= 4 is 16.6 Å². The molecular weight excluding hydrogens is 222 g/mol. The minimum Gasteiger partial charge on any atom is -0.394 e. The zero-order chi connectivity index (χ0) is 12.6. The van der Waals surface area contributed by atoms with E-state index in [4.69, 9.17) is 10.8 Å². The zero-order valence-corrected chi connectivity index (χ0v) is 9.33. The number of nitrogens with zero attached hydrogens (tertiary/aromatic N) is 2. The molecule has 1 aromatic heterocycles. The largest absolute Gasteiger partial charge is 0.394 e. The number of aliphatic hydroxyl groups excluding tert-OH is 1. The third-order valence-electron chi connectivity index (χ3n) is 2.80. The topological polar surface area (TPSA) is 94.3 Å². The van der Waals surface area contributed by atoms with Crippen LogP contribution in [0.25, 0.3) is 10.9 Å². The molecular formula is C11H13N3O3. The van der Waals surface area contributed by atoms with Gasteiger partial charge in [-0.3, -0.25) is 10.1 Å². The lowest BCUT2D eigenvalue weighted by molar-refractivity contribution is -0.383. The van der Waals surface area contributed by atoms with Gasteiger partial charge in [0.2, 0.25) is 0 Å². The molecule has 0 saturated heterocycles. The standard InChI is InChI=1S/C11H13N3O3/c1-13-5-10(14(16)17)8-4-2-3-7(11(8)13)9(12)6-15/h2-5,9,15H,6,12H2,1H3. The van der Waals surface area contributed by atoms with Crippen molar-refractivity contribution in [1.82, 2.24) is 4.57 Å². The zero-order valence-electron chi connectivity index (χ0n) is 9.33. The molecule has 0 saturated carbocycles. The highest BCUT2D eigenvalue weighted by molar-refractivity contribution is 5.92. The van der Waals surface area contributed by atoms with Crippen LogP contribution in [0.2, 0.25) is 0 Å². The lowest BCUT2D eigenvalue weighted by atomic mass is 10.0. The van der Waals surface area contributed by atoms with E-state index < -0.39 is 11.0 Å². The quantitative estimate of drug-likeness (QED) is 0.614. The first-order chi connectivity index (χ1) is 8.06. The summed E-state index contributed by atoms with van der Waals surface area (Å²) in [6.07, 6.45) is 1.46. The highest BCUT2D eigenvalue weighted by Crippen LogP contribution is 2.31. The summed E-state index contributed by atoms with van der Waals surface area (Å²) < 4.78 is 1.66. The highest BCUT2D eigenvalue weighted by Gasteiger charge is 2.20. The van der Waals surface area contributed by atoms with Gasteiger partial charge < -0.3 is 15.4 Å². The summed E-state index contributed by atoms with van der Waals surface area (Å²) in [6, 6.07) is 4.63. The molecule has 0 radical (unpaired) electrons. The van der Waals surface area contributed by atoms with Gasteiger partial charge in [-0.05, 0) is 11.6 Å². The van der Waals surface area contributed by atoms with Gasteiger partial charge in [-0.15, -0.1) is 0 Å². The predicted octanol–water partition coefficient (Wildman–Crippen LogP) is 1.08. The monoisotopic (exact) mass is 235 g/mol. The van der Waals surface area contributed by atoms with Gasteiger partial charge in [0.15, 0.2) is 0 Å². The number of hydrogen-bond donors (Lipinski definition) is 2. The van der Waals surface area contributed by atoms with Crippen LogP contribution in [0.5, 0.6) is 0 Å². The van der Waals surface area contributed by atoms with E-state index in [0.29, 0.717) is 16.5 Å². The Morgan fingerprint density at radius 1 is 1.59 bits per heavy atom. The minimum absolute atomic E-state index is 0.0505. The molecule has 17 heavy (non-hydrogen) atoms. The molecule has 1 atom stereocenters. The SMILES string of the molecule is Cn1cc([N+](=O)[O-])c2cccc(C(N)CO)c21. The number of nitro groups is 1. The number of benzene rings is 1. The van der Waals surface area contributed by atoms with Gasteiger partial charge in [0.05, 0.1) is 34.7 Å². The Balaban J connectivity index is 2.77. The maximum absolute atomic E-state index is 10.9. The Labute approximate surface area is 97.4 Å². The van der Waals surface area contributed by atoms with Gasteiger partial charge in [-0.2, -0.15) is 0 Å². The molecule has 0 bridgehead atoms. The molecule has 6 nitrogen and oxygen atoms in total. The third kappa shape index (κ3) is 1.77. The number of nitrogens with two attached hydrogens (primary N) is 1. The summed E-state index contributed by atoms with van der Waals surface area (Å²) in [5.74, 6) is 0. The first-order valence-corrected chi connectivity index (χ1v) is 5.15. The van der Waals surface area contributed by atoms with E-state index in [1.54, 1.807) is 29.8 Å². The maximum atomic E-state index is 10.9. The second kappa shape index (κ2) is 4.15. The summed E-state index contributed by atoms with van der Waals surface area (Å²) in [7, 11) is 1.73. The van der Waals surface area contributed by atoms with E-state index in [1.165, 1.54) is 6.20 Å². The molecule has 3 N–H and O–H groups in total. The van der Waals surface area contributed by atoms with Crippen LogP contribution in [-0.2, 0) is 7.05 Å². The fourth-order valence-electron chi connectivity index (χ4n) is 2.02.